The third-order valence-electron chi connectivity index (χ3n) is 4.17. The first-order valence-electron chi connectivity index (χ1n) is 8.06. The maximum atomic E-state index is 12.7. The van der Waals surface area contributed by atoms with Crippen LogP contribution in [0.15, 0.2) is 30.3 Å². The molecule has 1 heterocycles. The van der Waals surface area contributed by atoms with Gasteiger partial charge in [0.15, 0.2) is 0 Å². The topological polar surface area (TPSA) is 35.6 Å². The first-order chi connectivity index (χ1) is 10.3. The number of amides is 2. The van der Waals surface area contributed by atoms with E-state index in [4.69, 9.17) is 0 Å². The normalized spacial score (nSPS) is 19.1. The lowest BCUT2D eigenvalue weighted by Crippen LogP contribution is -2.50. The number of nitrogens with zero attached hydrogens (tertiary/aromatic N) is 2. The predicted octanol–water partition coefficient (Wildman–Crippen LogP) is 2.35. The summed E-state index contributed by atoms with van der Waals surface area (Å²) in [6.07, 6.45) is 1.94. The Balaban J connectivity index is 2.12. The standard InChI is InChI=1S/C17H27N3O/c1-3-19(4-2)17(21)20-12-8-11-18-14-16(20)13-15-9-6-5-7-10-15/h5-7,9-10,16,18H,3-4,8,11-14H2,1-2H3. The van der Waals surface area contributed by atoms with Gasteiger partial charge < -0.3 is 15.1 Å². The number of rotatable bonds is 4. The molecule has 4 heteroatoms. The first kappa shape index (κ1) is 15.8. The fraction of sp³-hybridized carbons (Fsp3) is 0.588. The number of hydrogen-bond acceptors (Lipinski definition) is 2. The average molecular weight is 289 g/mol. The second-order valence-electron chi connectivity index (χ2n) is 5.55. The van der Waals surface area contributed by atoms with Crippen LogP contribution in [0.25, 0.3) is 0 Å². The van der Waals surface area contributed by atoms with Gasteiger partial charge in [0.1, 0.15) is 0 Å². The molecule has 1 aromatic carbocycles. The van der Waals surface area contributed by atoms with E-state index in [1.54, 1.807) is 0 Å². The van der Waals surface area contributed by atoms with Gasteiger partial charge in [-0.05, 0) is 38.8 Å². The van der Waals surface area contributed by atoms with Gasteiger partial charge in [-0.2, -0.15) is 0 Å². The number of urea groups is 1. The minimum atomic E-state index is 0.185. The molecule has 21 heavy (non-hydrogen) atoms. The van der Waals surface area contributed by atoms with Crippen molar-refractivity contribution in [3.05, 3.63) is 35.9 Å². The Kier molecular flexibility index (Phi) is 6.05. The van der Waals surface area contributed by atoms with E-state index in [-0.39, 0.29) is 12.1 Å². The third kappa shape index (κ3) is 4.21. The molecule has 1 saturated heterocycles. The zero-order valence-electron chi connectivity index (χ0n) is 13.2. The van der Waals surface area contributed by atoms with E-state index in [9.17, 15) is 4.79 Å². The second-order valence-corrected chi connectivity index (χ2v) is 5.55. The van der Waals surface area contributed by atoms with E-state index in [2.05, 4.69) is 34.5 Å². The van der Waals surface area contributed by atoms with Crippen LogP contribution in [0.5, 0.6) is 0 Å². The molecule has 2 rings (SSSR count). The Hall–Kier alpha value is -1.55. The highest BCUT2D eigenvalue weighted by atomic mass is 16.2. The zero-order valence-corrected chi connectivity index (χ0v) is 13.2. The van der Waals surface area contributed by atoms with Gasteiger partial charge in [0.2, 0.25) is 0 Å². The van der Waals surface area contributed by atoms with E-state index < -0.39 is 0 Å². The molecule has 0 aliphatic carbocycles. The van der Waals surface area contributed by atoms with Crippen LogP contribution in [0.2, 0.25) is 0 Å². The van der Waals surface area contributed by atoms with Gasteiger partial charge in [-0.25, -0.2) is 4.79 Å². The molecule has 4 nitrogen and oxygen atoms in total. The molecule has 0 bridgehead atoms. The zero-order chi connectivity index (χ0) is 15.1. The number of carbonyl (C=O) groups is 1. The Morgan fingerprint density at radius 2 is 2.00 bits per heavy atom. The summed E-state index contributed by atoms with van der Waals surface area (Å²) in [5, 5.41) is 3.46. The molecule has 1 aromatic rings. The van der Waals surface area contributed by atoms with Crippen LogP contribution in [0.1, 0.15) is 25.8 Å². The number of carbonyl (C=O) groups excluding carboxylic acids is 1. The summed E-state index contributed by atoms with van der Waals surface area (Å²) in [5.41, 5.74) is 1.29. The Bertz CT molecular complexity index is 431. The summed E-state index contributed by atoms with van der Waals surface area (Å²) in [7, 11) is 0. The summed E-state index contributed by atoms with van der Waals surface area (Å²) in [6.45, 7) is 8.36. The summed E-state index contributed by atoms with van der Waals surface area (Å²) >= 11 is 0. The molecule has 1 aliphatic rings. The van der Waals surface area contributed by atoms with Crippen molar-refractivity contribution < 1.29 is 4.79 Å². The maximum Gasteiger partial charge on any atom is 0.320 e. The van der Waals surface area contributed by atoms with Crippen molar-refractivity contribution >= 4 is 6.03 Å². The van der Waals surface area contributed by atoms with E-state index in [0.717, 1.165) is 45.6 Å². The van der Waals surface area contributed by atoms with Crippen molar-refractivity contribution in [1.29, 1.82) is 0 Å². The molecule has 1 aliphatic heterocycles. The molecule has 1 unspecified atom stereocenters. The quantitative estimate of drug-likeness (QED) is 0.923. The van der Waals surface area contributed by atoms with Crippen LogP contribution >= 0.6 is 0 Å². The third-order valence-corrected chi connectivity index (χ3v) is 4.17. The SMILES string of the molecule is CCN(CC)C(=O)N1CCCNCC1Cc1ccccc1. The summed E-state index contributed by atoms with van der Waals surface area (Å²) in [6, 6.07) is 10.9. The van der Waals surface area contributed by atoms with Crippen LogP contribution in [0, 0.1) is 0 Å². The maximum absolute atomic E-state index is 12.7. The lowest BCUT2D eigenvalue weighted by molar-refractivity contribution is 0.140. The van der Waals surface area contributed by atoms with E-state index >= 15 is 0 Å². The first-order valence-corrected chi connectivity index (χ1v) is 8.06. The lowest BCUT2D eigenvalue weighted by Gasteiger charge is -2.34. The van der Waals surface area contributed by atoms with Crippen LogP contribution in [-0.4, -0.2) is 54.6 Å². The Morgan fingerprint density at radius 1 is 1.29 bits per heavy atom. The van der Waals surface area contributed by atoms with Crippen LogP contribution < -0.4 is 5.32 Å². The summed E-state index contributed by atoms with van der Waals surface area (Å²) in [4.78, 5) is 16.7. The highest BCUT2D eigenvalue weighted by Gasteiger charge is 2.27. The van der Waals surface area contributed by atoms with Crippen LogP contribution in [0.4, 0.5) is 4.79 Å². The fourth-order valence-corrected chi connectivity index (χ4v) is 2.93. The number of nitrogens with one attached hydrogen (secondary N) is 1. The molecule has 116 valence electrons. The van der Waals surface area contributed by atoms with Crippen LogP contribution in [-0.2, 0) is 6.42 Å². The molecule has 0 saturated carbocycles. The molecule has 2 amide bonds. The molecular weight excluding hydrogens is 262 g/mol. The lowest BCUT2D eigenvalue weighted by atomic mass is 10.0. The molecule has 1 atom stereocenters. The average Bonchev–Trinajstić information content (AvgIpc) is 2.75. The van der Waals surface area contributed by atoms with Crippen molar-refractivity contribution in [3.63, 3.8) is 0 Å². The van der Waals surface area contributed by atoms with Gasteiger partial charge in [-0.3, -0.25) is 0 Å². The van der Waals surface area contributed by atoms with Crippen molar-refractivity contribution in [3.8, 4) is 0 Å². The van der Waals surface area contributed by atoms with Gasteiger partial charge >= 0.3 is 6.03 Å². The van der Waals surface area contributed by atoms with Gasteiger partial charge in [0, 0.05) is 32.2 Å². The monoisotopic (exact) mass is 289 g/mol. The minimum Gasteiger partial charge on any atom is -0.325 e. The van der Waals surface area contributed by atoms with E-state index in [1.165, 1.54) is 5.56 Å². The highest BCUT2D eigenvalue weighted by molar-refractivity contribution is 5.75. The van der Waals surface area contributed by atoms with Crippen molar-refractivity contribution in [2.24, 2.45) is 0 Å². The minimum absolute atomic E-state index is 0.185. The van der Waals surface area contributed by atoms with Crippen molar-refractivity contribution in [2.45, 2.75) is 32.7 Å². The number of benzene rings is 1. The van der Waals surface area contributed by atoms with Gasteiger partial charge in [0.25, 0.3) is 0 Å². The van der Waals surface area contributed by atoms with Crippen molar-refractivity contribution in [1.82, 2.24) is 15.1 Å². The summed E-state index contributed by atoms with van der Waals surface area (Å²) in [5.74, 6) is 0. The van der Waals surface area contributed by atoms with Gasteiger partial charge in [-0.15, -0.1) is 0 Å². The van der Waals surface area contributed by atoms with E-state index in [0.29, 0.717) is 0 Å². The molecule has 0 radical (unpaired) electrons. The predicted molar refractivity (Wildman–Crippen MR) is 86.4 cm³/mol. The highest BCUT2D eigenvalue weighted by Crippen LogP contribution is 2.14. The molecule has 1 N–H and O–H groups in total. The van der Waals surface area contributed by atoms with E-state index in [1.807, 2.05) is 24.8 Å². The summed E-state index contributed by atoms with van der Waals surface area (Å²) < 4.78 is 0. The number of hydrogen-bond donors (Lipinski definition) is 1. The Morgan fingerprint density at radius 3 is 2.67 bits per heavy atom. The van der Waals surface area contributed by atoms with Gasteiger partial charge in [0.05, 0.1) is 0 Å². The molecule has 1 fully saturated rings. The van der Waals surface area contributed by atoms with Gasteiger partial charge in [-0.1, -0.05) is 30.3 Å². The van der Waals surface area contributed by atoms with Crippen LogP contribution in [0.3, 0.4) is 0 Å². The largest absolute Gasteiger partial charge is 0.325 e. The second kappa shape index (κ2) is 8.03. The Labute approximate surface area is 128 Å². The smallest absolute Gasteiger partial charge is 0.320 e. The molecule has 0 aromatic heterocycles. The molecular formula is C17H27N3O. The van der Waals surface area contributed by atoms with Crippen molar-refractivity contribution in [2.75, 3.05) is 32.7 Å². The molecule has 0 spiro atoms. The fourth-order valence-electron chi connectivity index (χ4n) is 2.93.